The van der Waals surface area contributed by atoms with Crippen LogP contribution in [0, 0.1) is 5.41 Å². The van der Waals surface area contributed by atoms with Gasteiger partial charge in [0, 0.05) is 12.5 Å². The normalized spacial score (nSPS) is 31.3. The van der Waals surface area contributed by atoms with Crippen molar-refractivity contribution in [1.82, 2.24) is 15.3 Å². The molecule has 4 rings (SSSR count). The van der Waals surface area contributed by atoms with E-state index in [9.17, 15) is 4.79 Å². The van der Waals surface area contributed by atoms with Gasteiger partial charge >= 0.3 is 0 Å². The van der Waals surface area contributed by atoms with E-state index in [0.29, 0.717) is 0 Å². The van der Waals surface area contributed by atoms with Gasteiger partial charge in [-0.3, -0.25) is 4.79 Å². The van der Waals surface area contributed by atoms with Crippen LogP contribution in [0.4, 0.5) is 0 Å². The van der Waals surface area contributed by atoms with E-state index in [1.165, 1.54) is 0 Å². The summed E-state index contributed by atoms with van der Waals surface area (Å²) in [5.41, 5.74) is 2.83. The minimum Gasteiger partial charge on any atom is -0.358 e. The predicted octanol–water partition coefficient (Wildman–Crippen LogP) is 2.70. The number of nitrogens with zero attached hydrogens (tertiary/aromatic N) is 2. The third-order valence-electron chi connectivity index (χ3n) is 6.56. The first-order chi connectivity index (χ1) is 10.4. The van der Waals surface area contributed by atoms with Crippen LogP contribution in [0.3, 0.4) is 0 Å². The van der Waals surface area contributed by atoms with Gasteiger partial charge in [0.05, 0.1) is 27.8 Å². The lowest BCUT2D eigenvalue weighted by atomic mass is 9.63. The molecule has 2 aromatic rings. The van der Waals surface area contributed by atoms with Crippen LogP contribution >= 0.6 is 0 Å². The quantitative estimate of drug-likeness (QED) is 0.880. The first-order valence-electron chi connectivity index (χ1n) is 7.88. The Bertz CT molecular complexity index is 813. The van der Waals surface area contributed by atoms with Crippen molar-refractivity contribution >= 4 is 16.9 Å². The van der Waals surface area contributed by atoms with Gasteiger partial charge in [-0.1, -0.05) is 32.9 Å². The van der Waals surface area contributed by atoms with E-state index < -0.39 is 5.41 Å². The molecule has 1 fully saturated rings. The van der Waals surface area contributed by atoms with Crippen molar-refractivity contribution < 1.29 is 4.79 Å². The van der Waals surface area contributed by atoms with Crippen LogP contribution in [-0.2, 0) is 15.6 Å². The van der Waals surface area contributed by atoms with E-state index >= 15 is 0 Å². The van der Waals surface area contributed by atoms with Crippen molar-refractivity contribution in [2.24, 2.45) is 5.41 Å². The summed E-state index contributed by atoms with van der Waals surface area (Å²) in [6.07, 6.45) is 1.82. The molecule has 1 aromatic carbocycles. The van der Waals surface area contributed by atoms with E-state index in [4.69, 9.17) is 9.97 Å². The van der Waals surface area contributed by atoms with Gasteiger partial charge in [0.15, 0.2) is 0 Å². The number of nitrogens with one attached hydrogen (secondary N) is 1. The standard InChI is InChI=1S/C18H21N3O/c1-16(2)17(3)9-10-18(16,15(22)19-4)14-13(17)20-11-7-5-6-8-12(11)21-14/h5-8H,9-10H2,1-4H3,(H,19,22)/t17-,18+/m1/s1. The molecule has 1 heterocycles. The summed E-state index contributed by atoms with van der Waals surface area (Å²) < 4.78 is 0. The lowest BCUT2D eigenvalue weighted by Crippen LogP contribution is -2.50. The summed E-state index contributed by atoms with van der Waals surface area (Å²) in [5, 5.41) is 2.88. The van der Waals surface area contributed by atoms with Crippen LogP contribution in [0.15, 0.2) is 24.3 Å². The van der Waals surface area contributed by atoms with E-state index in [-0.39, 0.29) is 16.7 Å². The molecule has 22 heavy (non-hydrogen) atoms. The number of para-hydroxylation sites is 2. The fourth-order valence-electron chi connectivity index (χ4n) is 4.76. The summed E-state index contributed by atoms with van der Waals surface area (Å²) in [5.74, 6) is 0.0737. The van der Waals surface area contributed by atoms with Crippen molar-refractivity contribution in [2.75, 3.05) is 7.05 Å². The van der Waals surface area contributed by atoms with Crippen LogP contribution in [0.1, 0.15) is 45.0 Å². The van der Waals surface area contributed by atoms with Crippen molar-refractivity contribution in [2.45, 2.75) is 44.4 Å². The van der Waals surface area contributed by atoms with E-state index in [2.05, 4.69) is 26.1 Å². The third kappa shape index (κ3) is 1.20. The van der Waals surface area contributed by atoms with Gasteiger partial charge < -0.3 is 5.32 Å². The molecular weight excluding hydrogens is 274 g/mol. The number of aromatic nitrogens is 2. The van der Waals surface area contributed by atoms with Gasteiger partial charge in [-0.15, -0.1) is 0 Å². The molecule has 2 aliphatic rings. The number of carbonyl (C=O) groups excluding carboxylic acids is 1. The number of hydrogen-bond donors (Lipinski definition) is 1. The molecule has 0 radical (unpaired) electrons. The lowest BCUT2D eigenvalue weighted by molar-refractivity contribution is -0.129. The third-order valence-corrected chi connectivity index (χ3v) is 6.56. The summed E-state index contributed by atoms with van der Waals surface area (Å²) in [7, 11) is 1.72. The minimum absolute atomic E-state index is 0.0737. The van der Waals surface area contributed by atoms with Crippen molar-refractivity contribution in [3.8, 4) is 0 Å². The average Bonchev–Trinajstić information content (AvgIpc) is 2.81. The van der Waals surface area contributed by atoms with Gasteiger partial charge in [-0.25, -0.2) is 9.97 Å². The molecule has 114 valence electrons. The largest absolute Gasteiger partial charge is 0.358 e. The lowest BCUT2D eigenvalue weighted by Gasteiger charge is -2.39. The Morgan fingerprint density at radius 2 is 1.64 bits per heavy atom. The van der Waals surface area contributed by atoms with E-state index in [0.717, 1.165) is 35.3 Å². The summed E-state index contributed by atoms with van der Waals surface area (Å²) in [4.78, 5) is 22.7. The number of hydrogen-bond acceptors (Lipinski definition) is 3. The van der Waals surface area contributed by atoms with Gasteiger partial charge in [0.2, 0.25) is 5.91 Å². The molecule has 4 heteroatoms. The zero-order chi connectivity index (χ0) is 15.8. The number of benzene rings is 1. The van der Waals surface area contributed by atoms with Gasteiger partial charge in [-0.05, 0) is 30.4 Å². The highest BCUT2D eigenvalue weighted by Crippen LogP contribution is 2.70. The first kappa shape index (κ1) is 13.7. The van der Waals surface area contributed by atoms with Gasteiger partial charge in [0.1, 0.15) is 0 Å². The van der Waals surface area contributed by atoms with Crippen molar-refractivity contribution in [3.05, 3.63) is 35.7 Å². The Balaban J connectivity index is 2.12. The predicted molar refractivity (Wildman–Crippen MR) is 85.6 cm³/mol. The van der Waals surface area contributed by atoms with Crippen molar-refractivity contribution in [3.63, 3.8) is 0 Å². The highest BCUT2D eigenvalue weighted by Gasteiger charge is 2.72. The second-order valence-electron chi connectivity index (χ2n) is 7.35. The smallest absolute Gasteiger partial charge is 0.232 e. The average molecular weight is 295 g/mol. The highest BCUT2D eigenvalue weighted by molar-refractivity contribution is 5.92. The Morgan fingerprint density at radius 3 is 2.23 bits per heavy atom. The van der Waals surface area contributed by atoms with Gasteiger partial charge in [0.25, 0.3) is 0 Å². The molecule has 2 aliphatic carbocycles. The molecule has 1 amide bonds. The second-order valence-corrected chi connectivity index (χ2v) is 7.35. The summed E-state index contributed by atoms with van der Waals surface area (Å²) in [6, 6.07) is 7.92. The molecule has 0 saturated heterocycles. The Morgan fingerprint density at radius 1 is 1.05 bits per heavy atom. The molecule has 1 N–H and O–H groups in total. The Kier molecular flexibility index (Phi) is 2.40. The van der Waals surface area contributed by atoms with Crippen molar-refractivity contribution in [1.29, 1.82) is 0 Å². The zero-order valence-corrected chi connectivity index (χ0v) is 13.5. The number of carbonyl (C=O) groups is 1. The van der Waals surface area contributed by atoms with Crippen LogP contribution in [-0.4, -0.2) is 22.9 Å². The van der Waals surface area contributed by atoms with Crippen LogP contribution in [0.25, 0.3) is 11.0 Å². The molecule has 0 spiro atoms. The highest BCUT2D eigenvalue weighted by atomic mass is 16.2. The SMILES string of the molecule is CNC(=O)[C@]12CC[C@](C)(c3nc4ccccc4nc31)C2(C)C. The van der Waals surface area contributed by atoms with Crippen LogP contribution < -0.4 is 5.32 Å². The maximum atomic E-state index is 12.9. The maximum absolute atomic E-state index is 12.9. The number of likely N-dealkylation sites (N-methyl/N-ethyl adjacent to an activating group) is 1. The number of fused-ring (bicyclic) bond motifs is 6. The molecule has 2 atom stereocenters. The Labute approximate surface area is 130 Å². The molecule has 1 aromatic heterocycles. The Hall–Kier alpha value is -1.97. The topological polar surface area (TPSA) is 54.9 Å². The molecule has 4 nitrogen and oxygen atoms in total. The minimum atomic E-state index is -0.567. The molecule has 2 bridgehead atoms. The number of rotatable bonds is 1. The number of amides is 1. The maximum Gasteiger partial charge on any atom is 0.232 e. The summed E-state index contributed by atoms with van der Waals surface area (Å²) in [6.45, 7) is 6.64. The van der Waals surface area contributed by atoms with Crippen LogP contribution in [0.5, 0.6) is 0 Å². The molecule has 0 unspecified atom stereocenters. The fraction of sp³-hybridized carbons (Fsp3) is 0.500. The molecule has 1 saturated carbocycles. The molecule has 0 aliphatic heterocycles. The zero-order valence-electron chi connectivity index (χ0n) is 13.5. The summed E-state index contributed by atoms with van der Waals surface area (Å²) >= 11 is 0. The van der Waals surface area contributed by atoms with Gasteiger partial charge in [-0.2, -0.15) is 0 Å². The monoisotopic (exact) mass is 295 g/mol. The van der Waals surface area contributed by atoms with Crippen LogP contribution in [0.2, 0.25) is 0 Å². The van der Waals surface area contributed by atoms with E-state index in [1.54, 1.807) is 7.05 Å². The van der Waals surface area contributed by atoms with E-state index in [1.807, 2.05) is 24.3 Å². The fourth-order valence-corrected chi connectivity index (χ4v) is 4.76. The molecular formula is C18H21N3O. The first-order valence-corrected chi connectivity index (χ1v) is 7.88. The second kappa shape index (κ2) is 3.86.